The normalized spacial score (nSPS) is 15.9. The molecule has 0 N–H and O–H groups in total. The summed E-state index contributed by atoms with van der Waals surface area (Å²) in [7, 11) is -3.85. The number of thiophene rings is 1. The lowest BCUT2D eigenvalue weighted by Gasteiger charge is -2.21. The van der Waals surface area contributed by atoms with Gasteiger partial charge in [0.1, 0.15) is 9.90 Å². The Morgan fingerprint density at radius 1 is 1.08 bits per heavy atom. The van der Waals surface area contributed by atoms with Gasteiger partial charge in [-0.25, -0.2) is 18.4 Å². The molecular formula is C18H16N4O2S2. The van der Waals surface area contributed by atoms with Crippen LogP contribution < -0.4 is 4.90 Å². The lowest BCUT2D eigenvalue weighted by atomic mass is 10.2. The maximum Gasteiger partial charge on any atom is 0.209 e. The number of benzene rings is 1. The van der Waals surface area contributed by atoms with E-state index in [0.29, 0.717) is 16.9 Å². The van der Waals surface area contributed by atoms with Crippen LogP contribution in [-0.4, -0.2) is 31.5 Å². The Hall–Kier alpha value is -2.50. The zero-order chi connectivity index (χ0) is 18.1. The van der Waals surface area contributed by atoms with Gasteiger partial charge in [0.05, 0.1) is 17.1 Å². The van der Waals surface area contributed by atoms with E-state index in [-0.39, 0.29) is 9.90 Å². The van der Waals surface area contributed by atoms with E-state index in [4.69, 9.17) is 0 Å². The monoisotopic (exact) mass is 384 g/mol. The van der Waals surface area contributed by atoms with E-state index >= 15 is 0 Å². The second-order valence-electron chi connectivity index (χ2n) is 6.10. The van der Waals surface area contributed by atoms with Crippen molar-refractivity contribution < 1.29 is 8.42 Å². The Morgan fingerprint density at radius 2 is 1.77 bits per heavy atom. The molecule has 0 amide bonds. The molecule has 0 unspecified atom stereocenters. The van der Waals surface area contributed by atoms with Crippen molar-refractivity contribution in [1.82, 2.24) is 9.97 Å². The van der Waals surface area contributed by atoms with Crippen molar-refractivity contribution in [2.75, 3.05) is 18.0 Å². The first kappa shape index (κ1) is 16.9. The number of rotatable bonds is 4. The first-order valence-corrected chi connectivity index (χ1v) is 10.7. The summed E-state index contributed by atoms with van der Waals surface area (Å²) in [5.74, 6) is 0.507. The van der Waals surface area contributed by atoms with Gasteiger partial charge >= 0.3 is 0 Å². The Bertz CT molecular complexity index is 1080. The lowest BCUT2D eigenvalue weighted by Crippen LogP contribution is -2.24. The largest absolute Gasteiger partial charge is 0.355 e. The number of sulfone groups is 1. The van der Waals surface area contributed by atoms with Crippen LogP contribution in [0.15, 0.2) is 46.0 Å². The van der Waals surface area contributed by atoms with Gasteiger partial charge in [-0.1, -0.05) is 18.2 Å². The standard InChI is InChI=1S/C18H16N4O2S2/c19-12-15(26(23,24)16-8-5-11-25-16)17-18(22-9-3-4-10-22)21-14-7-2-1-6-13(14)20-17/h1-2,5-8,11,15H,3-4,9-10H2/t15-/m1/s1. The van der Waals surface area contributed by atoms with E-state index in [9.17, 15) is 13.7 Å². The molecule has 0 aliphatic carbocycles. The molecule has 1 fully saturated rings. The van der Waals surface area contributed by atoms with Crippen LogP contribution in [0.3, 0.4) is 0 Å². The first-order chi connectivity index (χ1) is 12.6. The van der Waals surface area contributed by atoms with Crippen LogP contribution in [0.1, 0.15) is 23.8 Å². The average Bonchev–Trinajstić information content (AvgIpc) is 3.35. The molecule has 1 aliphatic heterocycles. The van der Waals surface area contributed by atoms with Crippen molar-refractivity contribution in [3.8, 4) is 6.07 Å². The highest BCUT2D eigenvalue weighted by Gasteiger charge is 2.35. The van der Waals surface area contributed by atoms with E-state index in [1.165, 1.54) is 6.07 Å². The third-order valence-corrected chi connectivity index (χ3v) is 7.73. The molecule has 0 spiro atoms. The van der Waals surface area contributed by atoms with Crippen molar-refractivity contribution >= 4 is 38.0 Å². The van der Waals surface area contributed by atoms with Crippen LogP contribution in [0.25, 0.3) is 11.0 Å². The number of fused-ring (bicyclic) bond motifs is 1. The minimum absolute atomic E-state index is 0.173. The third kappa shape index (κ3) is 2.83. The molecule has 1 atom stereocenters. The highest BCUT2D eigenvalue weighted by atomic mass is 32.2. The van der Waals surface area contributed by atoms with Gasteiger partial charge in [0.2, 0.25) is 9.84 Å². The van der Waals surface area contributed by atoms with Crippen molar-refractivity contribution in [3.05, 3.63) is 47.5 Å². The quantitative estimate of drug-likeness (QED) is 0.686. The molecule has 4 rings (SSSR count). The van der Waals surface area contributed by atoms with Gasteiger partial charge in [-0.15, -0.1) is 11.3 Å². The van der Waals surface area contributed by atoms with E-state index in [2.05, 4.69) is 9.97 Å². The summed E-state index contributed by atoms with van der Waals surface area (Å²) in [5.41, 5.74) is 1.51. The molecule has 6 nitrogen and oxygen atoms in total. The molecule has 2 aromatic heterocycles. The van der Waals surface area contributed by atoms with Crippen molar-refractivity contribution in [1.29, 1.82) is 5.26 Å². The minimum atomic E-state index is -3.85. The Labute approximate surface area is 155 Å². The van der Waals surface area contributed by atoms with Gasteiger partial charge in [0.15, 0.2) is 11.1 Å². The van der Waals surface area contributed by atoms with Crippen LogP contribution in [0, 0.1) is 11.3 Å². The number of nitrogens with zero attached hydrogens (tertiary/aromatic N) is 4. The third-order valence-electron chi connectivity index (χ3n) is 4.44. The van der Waals surface area contributed by atoms with Crippen LogP contribution in [0.2, 0.25) is 0 Å². The number of para-hydroxylation sites is 2. The summed E-state index contributed by atoms with van der Waals surface area (Å²) in [6.07, 6.45) is 2.03. The smallest absolute Gasteiger partial charge is 0.209 e. The topological polar surface area (TPSA) is 86.9 Å². The number of hydrogen-bond acceptors (Lipinski definition) is 7. The van der Waals surface area contributed by atoms with Gasteiger partial charge in [-0.3, -0.25) is 0 Å². The fourth-order valence-electron chi connectivity index (χ4n) is 3.16. The fraction of sp³-hybridized carbons (Fsp3) is 0.278. The highest BCUT2D eigenvalue weighted by Crippen LogP contribution is 2.36. The molecule has 0 saturated carbocycles. The Morgan fingerprint density at radius 3 is 2.38 bits per heavy atom. The van der Waals surface area contributed by atoms with Gasteiger partial charge in [0.25, 0.3) is 0 Å². The predicted molar refractivity (Wildman–Crippen MR) is 101 cm³/mol. The summed E-state index contributed by atoms with van der Waals surface area (Å²) in [5, 5.41) is 10.1. The van der Waals surface area contributed by atoms with E-state index in [0.717, 1.165) is 37.3 Å². The molecule has 132 valence electrons. The SMILES string of the molecule is N#C[C@H](c1nc2ccccc2nc1N1CCCC1)S(=O)(=O)c1cccs1. The van der Waals surface area contributed by atoms with Crippen LogP contribution >= 0.6 is 11.3 Å². The summed E-state index contributed by atoms with van der Waals surface area (Å²) < 4.78 is 26.2. The number of nitriles is 1. The van der Waals surface area contributed by atoms with Gasteiger partial charge in [0, 0.05) is 13.1 Å². The molecule has 1 saturated heterocycles. The van der Waals surface area contributed by atoms with Crippen molar-refractivity contribution in [3.63, 3.8) is 0 Å². The van der Waals surface area contributed by atoms with Crippen molar-refractivity contribution in [2.24, 2.45) is 0 Å². The van der Waals surface area contributed by atoms with Crippen LogP contribution in [0.4, 0.5) is 5.82 Å². The number of hydrogen-bond donors (Lipinski definition) is 0. The zero-order valence-corrected chi connectivity index (χ0v) is 15.5. The molecule has 0 bridgehead atoms. The Kier molecular flexibility index (Phi) is 4.34. The summed E-state index contributed by atoms with van der Waals surface area (Å²) in [6.45, 7) is 1.58. The number of anilines is 1. The van der Waals surface area contributed by atoms with E-state index < -0.39 is 15.1 Å². The lowest BCUT2D eigenvalue weighted by molar-refractivity contribution is 0.592. The second kappa shape index (κ2) is 6.67. The van der Waals surface area contributed by atoms with E-state index in [1.807, 2.05) is 29.2 Å². The summed E-state index contributed by atoms with van der Waals surface area (Å²) in [4.78, 5) is 11.3. The molecule has 1 aliphatic rings. The summed E-state index contributed by atoms with van der Waals surface area (Å²) in [6, 6.07) is 12.5. The second-order valence-corrected chi connectivity index (χ2v) is 9.31. The molecule has 26 heavy (non-hydrogen) atoms. The molecule has 3 aromatic rings. The van der Waals surface area contributed by atoms with Crippen LogP contribution in [0.5, 0.6) is 0 Å². The van der Waals surface area contributed by atoms with E-state index in [1.54, 1.807) is 17.5 Å². The summed E-state index contributed by atoms with van der Waals surface area (Å²) >= 11 is 1.11. The number of aromatic nitrogens is 2. The highest BCUT2D eigenvalue weighted by molar-refractivity contribution is 7.93. The first-order valence-electron chi connectivity index (χ1n) is 8.30. The molecular weight excluding hydrogens is 368 g/mol. The Balaban J connectivity index is 1.93. The van der Waals surface area contributed by atoms with Crippen molar-refractivity contribution in [2.45, 2.75) is 22.3 Å². The molecule has 3 heterocycles. The maximum atomic E-state index is 13.0. The zero-order valence-electron chi connectivity index (χ0n) is 13.9. The average molecular weight is 384 g/mol. The molecule has 0 radical (unpaired) electrons. The van der Waals surface area contributed by atoms with Gasteiger partial charge in [-0.05, 0) is 36.4 Å². The fourth-order valence-corrected chi connectivity index (χ4v) is 5.69. The minimum Gasteiger partial charge on any atom is -0.355 e. The maximum absolute atomic E-state index is 13.0. The molecule has 8 heteroatoms. The van der Waals surface area contributed by atoms with Gasteiger partial charge in [-0.2, -0.15) is 5.26 Å². The van der Waals surface area contributed by atoms with Gasteiger partial charge < -0.3 is 4.90 Å². The van der Waals surface area contributed by atoms with Crippen LogP contribution in [-0.2, 0) is 9.84 Å². The molecule has 1 aromatic carbocycles. The predicted octanol–water partition coefficient (Wildman–Crippen LogP) is 3.33.